The summed E-state index contributed by atoms with van der Waals surface area (Å²) in [7, 11) is 0. The number of hydrogen-bond acceptors (Lipinski definition) is 4. The highest BCUT2D eigenvalue weighted by Crippen LogP contribution is 2.59. The Hall–Kier alpha value is -1.95. The third kappa shape index (κ3) is 3.34. The summed E-state index contributed by atoms with van der Waals surface area (Å²) < 4.78 is 0. The molecule has 0 aliphatic heterocycles. The van der Waals surface area contributed by atoms with E-state index in [1.54, 1.807) is 18.2 Å². The lowest BCUT2D eigenvalue weighted by atomic mass is 9.49. The number of benzene rings is 1. The minimum absolute atomic E-state index is 0.0749. The van der Waals surface area contributed by atoms with Gasteiger partial charge in [0.15, 0.2) is 0 Å². The summed E-state index contributed by atoms with van der Waals surface area (Å²) >= 11 is 0. The third-order valence-electron chi connectivity index (χ3n) is 6.70. The summed E-state index contributed by atoms with van der Waals surface area (Å²) in [6, 6.07) is 5.90. The van der Waals surface area contributed by atoms with Gasteiger partial charge in [-0.15, -0.1) is 0 Å². The van der Waals surface area contributed by atoms with E-state index in [1.807, 2.05) is 6.92 Å². The molecular weight excluding hydrogens is 330 g/mol. The summed E-state index contributed by atoms with van der Waals surface area (Å²) in [5.41, 5.74) is 0.544. The van der Waals surface area contributed by atoms with Crippen molar-refractivity contribution >= 4 is 17.3 Å². The number of carbonyl (C=O) groups is 1. The molecule has 6 heteroatoms. The SMILES string of the molecule is C[C@H](NCC12CC3CC(CC(C3)C1)C2)C(=O)Nc1ccccc1[N+](=O)[O-]. The minimum atomic E-state index is -0.469. The van der Waals surface area contributed by atoms with E-state index in [0.717, 1.165) is 24.3 Å². The van der Waals surface area contributed by atoms with Crippen LogP contribution in [0.4, 0.5) is 11.4 Å². The number of carbonyl (C=O) groups excluding carboxylic acids is 1. The fraction of sp³-hybridized carbons (Fsp3) is 0.650. The number of hydrogen-bond donors (Lipinski definition) is 2. The average Bonchev–Trinajstić information content (AvgIpc) is 2.59. The van der Waals surface area contributed by atoms with Crippen molar-refractivity contribution in [3.63, 3.8) is 0 Å². The van der Waals surface area contributed by atoms with E-state index < -0.39 is 4.92 Å². The predicted molar refractivity (Wildman–Crippen MR) is 99.8 cm³/mol. The molecule has 4 fully saturated rings. The number of para-hydroxylation sites is 2. The molecule has 6 nitrogen and oxygen atoms in total. The predicted octanol–water partition coefficient (Wildman–Crippen LogP) is 3.73. The van der Waals surface area contributed by atoms with Gasteiger partial charge in [-0.3, -0.25) is 14.9 Å². The Labute approximate surface area is 153 Å². The highest BCUT2D eigenvalue weighted by molar-refractivity contribution is 5.96. The first-order valence-corrected chi connectivity index (χ1v) is 9.72. The Bertz CT molecular complexity index is 683. The summed E-state index contributed by atoms with van der Waals surface area (Å²) in [5, 5.41) is 17.2. The van der Waals surface area contributed by atoms with Gasteiger partial charge in [-0.1, -0.05) is 12.1 Å². The van der Waals surface area contributed by atoms with Crippen LogP contribution in [0.3, 0.4) is 0 Å². The average molecular weight is 357 g/mol. The maximum Gasteiger partial charge on any atom is 0.292 e. The van der Waals surface area contributed by atoms with E-state index in [2.05, 4.69) is 10.6 Å². The molecule has 4 saturated carbocycles. The highest BCUT2D eigenvalue weighted by Gasteiger charge is 2.50. The van der Waals surface area contributed by atoms with Crippen LogP contribution in [0.1, 0.15) is 45.4 Å². The second-order valence-corrected chi connectivity index (χ2v) is 8.78. The van der Waals surface area contributed by atoms with E-state index >= 15 is 0 Å². The Morgan fingerprint density at radius 3 is 2.35 bits per heavy atom. The molecule has 0 saturated heterocycles. The van der Waals surface area contributed by atoms with Gasteiger partial charge in [-0.05, 0) is 74.7 Å². The van der Waals surface area contributed by atoms with Crippen LogP contribution < -0.4 is 10.6 Å². The molecule has 2 N–H and O–H groups in total. The lowest BCUT2D eigenvalue weighted by Crippen LogP contribution is -2.52. The van der Waals surface area contributed by atoms with E-state index in [9.17, 15) is 14.9 Å². The number of anilines is 1. The molecule has 26 heavy (non-hydrogen) atoms. The second kappa shape index (κ2) is 6.65. The van der Waals surface area contributed by atoms with Crippen molar-refractivity contribution in [2.24, 2.45) is 23.2 Å². The van der Waals surface area contributed by atoms with Gasteiger partial charge >= 0.3 is 0 Å². The molecule has 4 aliphatic rings. The normalized spacial score (nSPS) is 33.0. The van der Waals surface area contributed by atoms with E-state index in [1.165, 1.54) is 44.6 Å². The zero-order valence-corrected chi connectivity index (χ0v) is 15.2. The Kier molecular flexibility index (Phi) is 4.47. The number of nitrogens with one attached hydrogen (secondary N) is 2. The van der Waals surface area contributed by atoms with Gasteiger partial charge in [0, 0.05) is 12.6 Å². The molecule has 5 rings (SSSR count). The van der Waals surface area contributed by atoms with Crippen LogP contribution in [0.25, 0.3) is 0 Å². The van der Waals surface area contributed by atoms with Crippen LogP contribution in [0.2, 0.25) is 0 Å². The second-order valence-electron chi connectivity index (χ2n) is 8.78. The van der Waals surface area contributed by atoms with Crippen LogP contribution in [0.5, 0.6) is 0 Å². The standard InChI is InChI=1S/C20H27N3O3/c1-13(19(24)22-17-4-2-3-5-18(17)23(25)26)21-12-20-9-14-6-15(10-20)8-16(7-14)11-20/h2-5,13-16,21H,6-12H2,1H3,(H,22,24)/t13-,14?,15?,16?,20?/m0/s1. The maximum atomic E-state index is 12.5. The van der Waals surface area contributed by atoms with Crippen molar-refractivity contribution in [3.8, 4) is 0 Å². The van der Waals surface area contributed by atoms with E-state index in [4.69, 9.17) is 0 Å². The van der Waals surface area contributed by atoms with Gasteiger partial charge in [0.1, 0.15) is 5.69 Å². The zero-order valence-electron chi connectivity index (χ0n) is 15.2. The molecule has 0 heterocycles. The molecule has 1 aromatic rings. The topological polar surface area (TPSA) is 84.3 Å². The summed E-state index contributed by atoms with van der Waals surface area (Å²) in [6.07, 6.45) is 8.12. The van der Waals surface area contributed by atoms with Gasteiger partial charge in [-0.25, -0.2) is 0 Å². The number of nitro groups is 1. The first-order chi connectivity index (χ1) is 12.4. The summed E-state index contributed by atoms with van der Waals surface area (Å²) in [5.74, 6) is 2.45. The molecule has 0 spiro atoms. The number of nitrogens with zero attached hydrogens (tertiary/aromatic N) is 1. The lowest BCUT2D eigenvalue weighted by Gasteiger charge is -2.57. The zero-order chi connectivity index (χ0) is 18.3. The third-order valence-corrected chi connectivity index (χ3v) is 6.70. The summed E-state index contributed by atoms with van der Waals surface area (Å²) in [6.45, 7) is 2.71. The Morgan fingerprint density at radius 2 is 1.77 bits per heavy atom. The van der Waals surface area contributed by atoms with Gasteiger partial charge in [0.25, 0.3) is 5.69 Å². The van der Waals surface area contributed by atoms with E-state index in [-0.39, 0.29) is 23.3 Å². The molecule has 1 amide bonds. The quantitative estimate of drug-likeness (QED) is 0.600. The fourth-order valence-corrected chi connectivity index (χ4v) is 5.95. The molecule has 4 bridgehead atoms. The lowest BCUT2D eigenvalue weighted by molar-refractivity contribution is -0.383. The molecule has 1 aromatic carbocycles. The first-order valence-electron chi connectivity index (χ1n) is 9.72. The van der Waals surface area contributed by atoms with Crippen LogP contribution in [-0.2, 0) is 4.79 Å². The van der Waals surface area contributed by atoms with Crippen molar-refractivity contribution < 1.29 is 9.72 Å². The smallest absolute Gasteiger partial charge is 0.292 e. The first kappa shape index (κ1) is 17.5. The fourth-order valence-electron chi connectivity index (χ4n) is 5.95. The largest absolute Gasteiger partial charge is 0.319 e. The molecule has 4 aliphatic carbocycles. The molecular formula is C20H27N3O3. The molecule has 0 radical (unpaired) electrons. The monoisotopic (exact) mass is 357 g/mol. The molecule has 140 valence electrons. The van der Waals surface area contributed by atoms with Gasteiger partial charge < -0.3 is 10.6 Å². The van der Waals surface area contributed by atoms with Crippen molar-refractivity contribution in [1.82, 2.24) is 5.32 Å². The van der Waals surface area contributed by atoms with E-state index in [0.29, 0.717) is 5.41 Å². The van der Waals surface area contributed by atoms with Crippen molar-refractivity contribution in [3.05, 3.63) is 34.4 Å². The Morgan fingerprint density at radius 1 is 1.19 bits per heavy atom. The van der Waals surface area contributed by atoms with Gasteiger partial charge in [0.05, 0.1) is 11.0 Å². The minimum Gasteiger partial charge on any atom is -0.319 e. The van der Waals surface area contributed by atoms with Crippen molar-refractivity contribution in [1.29, 1.82) is 0 Å². The number of nitro benzene ring substituents is 1. The Balaban J connectivity index is 1.36. The molecule has 0 aromatic heterocycles. The van der Waals surface area contributed by atoms with Crippen LogP contribution >= 0.6 is 0 Å². The van der Waals surface area contributed by atoms with Crippen molar-refractivity contribution in [2.75, 3.05) is 11.9 Å². The molecule has 1 atom stereocenters. The number of amides is 1. The van der Waals surface area contributed by atoms with Gasteiger partial charge in [-0.2, -0.15) is 0 Å². The maximum absolute atomic E-state index is 12.5. The van der Waals surface area contributed by atoms with Gasteiger partial charge in [0.2, 0.25) is 5.91 Å². The summed E-state index contributed by atoms with van der Waals surface area (Å²) in [4.78, 5) is 23.1. The van der Waals surface area contributed by atoms with Crippen LogP contribution in [0.15, 0.2) is 24.3 Å². The van der Waals surface area contributed by atoms with Crippen molar-refractivity contribution in [2.45, 2.75) is 51.5 Å². The number of rotatable bonds is 6. The van der Waals surface area contributed by atoms with Crippen LogP contribution in [-0.4, -0.2) is 23.4 Å². The van der Waals surface area contributed by atoms with Crippen LogP contribution in [0, 0.1) is 33.3 Å². The molecule has 0 unspecified atom stereocenters. The highest BCUT2D eigenvalue weighted by atomic mass is 16.6.